The number of halogens is 2. The highest BCUT2D eigenvalue weighted by Gasteiger charge is 1.74. The van der Waals surface area contributed by atoms with Crippen molar-refractivity contribution >= 4 is 31.4 Å². The lowest BCUT2D eigenvalue weighted by Crippen LogP contribution is -1.55. The van der Waals surface area contributed by atoms with Gasteiger partial charge in [0.1, 0.15) is 0 Å². The van der Waals surface area contributed by atoms with E-state index in [1.54, 1.807) is 0 Å². The van der Waals surface area contributed by atoms with Gasteiger partial charge in [-0.1, -0.05) is 29.8 Å². The molecule has 0 N–H and O–H groups in total. The highest BCUT2D eigenvalue weighted by atomic mass is 35.7. The predicted molar refractivity (Wildman–Crippen MR) is 47.0 cm³/mol. The van der Waals surface area contributed by atoms with Crippen LogP contribution in [0.3, 0.4) is 0 Å². The summed E-state index contributed by atoms with van der Waals surface area (Å²) in [7, 11) is 1.89. The molecule has 1 aromatic carbocycles. The van der Waals surface area contributed by atoms with Gasteiger partial charge < -0.3 is 0 Å². The van der Waals surface area contributed by atoms with Crippen molar-refractivity contribution < 1.29 is 0 Å². The maximum atomic E-state index is 5.54. The molecule has 0 heterocycles. The van der Waals surface area contributed by atoms with Crippen molar-refractivity contribution in [2.24, 2.45) is 0 Å². The number of hydrogen-bond donors (Lipinski definition) is 0. The van der Waals surface area contributed by atoms with Crippen LogP contribution in [0.1, 0.15) is 0 Å². The minimum absolute atomic E-state index is 0.794. The summed E-state index contributed by atoms with van der Waals surface area (Å²) in [6, 6.07) is 9.44. The standard InChI is InChI=1S/C6H5Cl.ClH2P/c7-6-4-2-1-3-5-6;1-2/h1-5H;2H2. The van der Waals surface area contributed by atoms with Crippen LogP contribution in [0.2, 0.25) is 5.02 Å². The second-order valence-electron chi connectivity index (χ2n) is 1.30. The zero-order valence-corrected chi connectivity index (χ0v) is 7.39. The van der Waals surface area contributed by atoms with Crippen molar-refractivity contribution in [3.8, 4) is 0 Å². The second kappa shape index (κ2) is 6.35. The molecule has 0 nitrogen and oxygen atoms in total. The minimum Gasteiger partial charge on any atom is -0.104 e. The minimum atomic E-state index is 0.794. The van der Waals surface area contributed by atoms with E-state index in [9.17, 15) is 0 Å². The summed E-state index contributed by atoms with van der Waals surface area (Å²) in [6.45, 7) is 0. The quantitative estimate of drug-likeness (QED) is 0.538. The van der Waals surface area contributed by atoms with Gasteiger partial charge in [0.2, 0.25) is 0 Å². The Balaban J connectivity index is 0.000000291. The Bertz CT molecular complexity index is 141. The number of benzene rings is 1. The summed E-state index contributed by atoms with van der Waals surface area (Å²) < 4.78 is 0. The molecule has 0 bridgehead atoms. The summed E-state index contributed by atoms with van der Waals surface area (Å²) in [5.74, 6) is 0. The van der Waals surface area contributed by atoms with Gasteiger partial charge in [-0.3, -0.25) is 0 Å². The number of rotatable bonds is 0. The van der Waals surface area contributed by atoms with E-state index in [1.807, 2.05) is 38.9 Å². The monoisotopic (exact) mass is 180 g/mol. The third kappa shape index (κ3) is 4.72. The van der Waals surface area contributed by atoms with Crippen LogP contribution in [-0.4, -0.2) is 0 Å². The molecule has 9 heavy (non-hydrogen) atoms. The molecule has 0 aliphatic rings. The van der Waals surface area contributed by atoms with Crippen molar-refractivity contribution in [1.82, 2.24) is 0 Å². The summed E-state index contributed by atoms with van der Waals surface area (Å²) in [5, 5.41) is 0.794. The van der Waals surface area contributed by atoms with Crippen molar-refractivity contribution in [1.29, 1.82) is 0 Å². The van der Waals surface area contributed by atoms with E-state index >= 15 is 0 Å². The molecule has 0 fully saturated rings. The Hall–Kier alpha value is 0.230. The van der Waals surface area contributed by atoms with E-state index in [0.29, 0.717) is 0 Å². The van der Waals surface area contributed by atoms with Gasteiger partial charge in [-0.25, -0.2) is 0 Å². The molecule has 0 radical (unpaired) electrons. The number of hydrogen-bond acceptors (Lipinski definition) is 0. The molecule has 1 aromatic rings. The molecule has 1 atom stereocenters. The van der Waals surface area contributed by atoms with Crippen LogP contribution < -0.4 is 0 Å². The third-order valence-electron chi connectivity index (χ3n) is 0.733. The first kappa shape index (κ1) is 9.23. The maximum absolute atomic E-state index is 5.54. The fraction of sp³-hybridized carbons (Fsp3) is 0. The van der Waals surface area contributed by atoms with Gasteiger partial charge in [-0.15, -0.1) is 11.2 Å². The molecule has 0 aromatic heterocycles. The van der Waals surface area contributed by atoms with Gasteiger partial charge in [-0.2, -0.15) is 0 Å². The van der Waals surface area contributed by atoms with Crippen LogP contribution in [0.5, 0.6) is 0 Å². The molecule has 0 amide bonds. The average molecular weight is 181 g/mol. The van der Waals surface area contributed by atoms with E-state index < -0.39 is 0 Å². The fourth-order valence-corrected chi connectivity index (χ4v) is 0.560. The SMILES string of the molecule is Clc1ccccc1.PCl. The fourth-order valence-electron chi connectivity index (χ4n) is 0.415. The Kier molecular flexibility index (Phi) is 6.51. The Morgan fingerprint density at radius 1 is 1.00 bits per heavy atom. The first-order valence-corrected chi connectivity index (χ1v) is 4.44. The molecule has 0 spiro atoms. The summed E-state index contributed by atoms with van der Waals surface area (Å²) in [6.07, 6.45) is 0. The van der Waals surface area contributed by atoms with E-state index in [4.69, 9.17) is 11.6 Å². The molecule has 0 aliphatic heterocycles. The molecule has 0 saturated carbocycles. The largest absolute Gasteiger partial charge is 0.104 e. The smallest absolute Gasteiger partial charge is 0.0405 e. The first-order chi connectivity index (χ1) is 4.39. The zero-order valence-electron chi connectivity index (χ0n) is 4.72. The average Bonchev–Trinajstić information content (AvgIpc) is 1.94. The third-order valence-corrected chi connectivity index (χ3v) is 0.985. The lowest BCUT2D eigenvalue weighted by atomic mass is 10.4. The highest BCUT2D eigenvalue weighted by Crippen LogP contribution is 2.03. The van der Waals surface area contributed by atoms with E-state index in [1.165, 1.54) is 0 Å². The maximum Gasteiger partial charge on any atom is 0.0405 e. The van der Waals surface area contributed by atoms with Gasteiger partial charge in [0.05, 0.1) is 0 Å². The summed E-state index contributed by atoms with van der Waals surface area (Å²) in [5.41, 5.74) is 0. The van der Waals surface area contributed by atoms with Crippen molar-refractivity contribution in [3.05, 3.63) is 35.4 Å². The lowest BCUT2D eigenvalue weighted by molar-refractivity contribution is 1.71. The van der Waals surface area contributed by atoms with Crippen LogP contribution in [0.15, 0.2) is 30.3 Å². The lowest BCUT2D eigenvalue weighted by Gasteiger charge is -1.80. The normalized spacial score (nSPS) is 7.44. The van der Waals surface area contributed by atoms with Crippen molar-refractivity contribution in [3.63, 3.8) is 0 Å². The Morgan fingerprint density at radius 2 is 1.44 bits per heavy atom. The van der Waals surface area contributed by atoms with E-state index in [0.717, 1.165) is 5.02 Å². The summed E-state index contributed by atoms with van der Waals surface area (Å²) >= 11 is 10.1. The van der Waals surface area contributed by atoms with Crippen molar-refractivity contribution in [2.75, 3.05) is 0 Å². The first-order valence-electron chi connectivity index (χ1n) is 2.32. The van der Waals surface area contributed by atoms with Gasteiger partial charge >= 0.3 is 0 Å². The van der Waals surface area contributed by atoms with E-state index in [2.05, 4.69) is 11.2 Å². The zero-order chi connectivity index (χ0) is 7.11. The molecular formula is C6H7Cl2P. The molecule has 50 valence electrons. The van der Waals surface area contributed by atoms with Crippen LogP contribution in [-0.2, 0) is 0 Å². The molecule has 3 heteroatoms. The second-order valence-corrected chi connectivity index (χ2v) is 1.73. The topological polar surface area (TPSA) is 0 Å². The molecule has 1 unspecified atom stereocenters. The van der Waals surface area contributed by atoms with Crippen LogP contribution >= 0.6 is 31.4 Å². The van der Waals surface area contributed by atoms with Crippen molar-refractivity contribution in [2.45, 2.75) is 0 Å². The predicted octanol–water partition coefficient (Wildman–Crippen LogP) is 3.36. The van der Waals surface area contributed by atoms with Gasteiger partial charge in [0, 0.05) is 5.02 Å². The van der Waals surface area contributed by atoms with Gasteiger partial charge in [0.15, 0.2) is 0 Å². The van der Waals surface area contributed by atoms with Crippen LogP contribution in [0.4, 0.5) is 0 Å². The van der Waals surface area contributed by atoms with Gasteiger partial charge in [-0.05, 0) is 20.7 Å². The van der Waals surface area contributed by atoms with Crippen LogP contribution in [0, 0.1) is 0 Å². The Labute approximate surface area is 67.2 Å². The van der Waals surface area contributed by atoms with Crippen LogP contribution in [0.25, 0.3) is 0 Å². The van der Waals surface area contributed by atoms with E-state index in [-0.39, 0.29) is 0 Å². The molecular weight excluding hydrogens is 174 g/mol. The highest BCUT2D eigenvalue weighted by molar-refractivity contribution is 7.52. The molecule has 1 rings (SSSR count). The molecule has 0 aliphatic carbocycles. The molecule has 0 saturated heterocycles. The Morgan fingerprint density at radius 3 is 1.67 bits per heavy atom. The van der Waals surface area contributed by atoms with Gasteiger partial charge in [0.25, 0.3) is 0 Å². The summed E-state index contributed by atoms with van der Waals surface area (Å²) in [4.78, 5) is 0.